The van der Waals surface area contributed by atoms with Crippen molar-refractivity contribution in [3.63, 3.8) is 0 Å². The zero-order valence-electron chi connectivity index (χ0n) is 9.37. The molecule has 0 heterocycles. The first-order chi connectivity index (χ1) is 8.18. The van der Waals surface area contributed by atoms with Gasteiger partial charge in [-0.2, -0.15) is 0 Å². The van der Waals surface area contributed by atoms with Crippen molar-refractivity contribution in [2.45, 2.75) is 12.8 Å². The van der Waals surface area contributed by atoms with Crippen LogP contribution in [0.1, 0.15) is 18.4 Å². The van der Waals surface area contributed by atoms with E-state index < -0.39 is 5.97 Å². The van der Waals surface area contributed by atoms with Crippen LogP contribution in [0.4, 0.5) is 0 Å². The van der Waals surface area contributed by atoms with E-state index in [-0.39, 0.29) is 18.6 Å². The molecule has 3 nitrogen and oxygen atoms in total. The van der Waals surface area contributed by atoms with Gasteiger partial charge in [0.05, 0.1) is 6.42 Å². The van der Waals surface area contributed by atoms with Crippen molar-refractivity contribution in [3.05, 3.63) is 54.1 Å². The maximum absolute atomic E-state index is 11.2. The summed E-state index contributed by atoms with van der Waals surface area (Å²) >= 11 is 0. The van der Waals surface area contributed by atoms with E-state index in [1.54, 1.807) is 12.2 Å². The third kappa shape index (κ3) is 6.10. The van der Waals surface area contributed by atoms with Gasteiger partial charge in [0, 0.05) is 6.42 Å². The summed E-state index contributed by atoms with van der Waals surface area (Å²) in [5.74, 6) is -1.13. The summed E-state index contributed by atoms with van der Waals surface area (Å²) in [6.45, 7) is 0. The van der Waals surface area contributed by atoms with Crippen LogP contribution in [-0.2, 0) is 9.59 Å². The van der Waals surface area contributed by atoms with Crippen LogP contribution in [0.15, 0.2) is 48.6 Å². The Labute approximate surface area is 100 Å². The average Bonchev–Trinajstić information content (AvgIpc) is 2.33. The molecule has 0 aliphatic heterocycles. The predicted molar refractivity (Wildman–Crippen MR) is 66.5 cm³/mol. The van der Waals surface area contributed by atoms with Crippen molar-refractivity contribution < 1.29 is 14.7 Å². The molecule has 0 amide bonds. The van der Waals surface area contributed by atoms with Gasteiger partial charge >= 0.3 is 5.97 Å². The number of benzene rings is 1. The zero-order valence-corrected chi connectivity index (χ0v) is 9.37. The minimum atomic E-state index is -0.952. The Hall–Kier alpha value is -2.16. The molecule has 3 heteroatoms. The fraction of sp³-hybridized carbons (Fsp3) is 0.143. The predicted octanol–water partition coefficient (Wildman–Crippen LogP) is 2.69. The van der Waals surface area contributed by atoms with Gasteiger partial charge in [-0.15, -0.1) is 0 Å². The van der Waals surface area contributed by atoms with Crippen LogP contribution in [-0.4, -0.2) is 16.9 Å². The second-order valence-electron chi connectivity index (χ2n) is 3.49. The first-order valence-corrected chi connectivity index (χ1v) is 5.33. The van der Waals surface area contributed by atoms with Gasteiger partial charge < -0.3 is 5.11 Å². The van der Waals surface area contributed by atoms with Gasteiger partial charge in [0.2, 0.25) is 0 Å². The highest BCUT2D eigenvalue weighted by atomic mass is 16.4. The van der Waals surface area contributed by atoms with E-state index in [4.69, 9.17) is 5.11 Å². The number of allylic oxidation sites excluding steroid dienone is 3. The van der Waals surface area contributed by atoms with E-state index in [1.807, 2.05) is 36.4 Å². The quantitative estimate of drug-likeness (QED) is 0.603. The highest BCUT2D eigenvalue weighted by molar-refractivity contribution is 5.91. The molecule has 0 spiro atoms. The number of carbonyl (C=O) groups excluding carboxylic acids is 1. The van der Waals surface area contributed by atoms with Crippen LogP contribution in [0.25, 0.3) is 6.08 Å². The molecule has 0 unspecified atom stereocenters. The maximum Gasteiger partial charge on any atom is 0.303 e. The third-order valence-corrected chi connectivity index (χ3v) is 2.07. The first-order valence-electron chi connectivity index (χ1n) is 5.33. The van der Waals surface area contributed by atoms with Crippen molar-refractivity contribution in [2.75, 3.05) is 0 Å². The molecule has 88 valence electrons. The molecule has 0 aliphatic rings. The molecule has 1 aromatic rings. The van der Waals surface area contributed by atoms with Crippen LogP contribution >= 0.6 is 0 Å². The Balaban J connectivity index is 2.37. The number of ketones is 1. The summed E-state index contributed by atoms with van der Waals surface area (Å²) in [6, 6.07) is 9.71. The van der Waals surface area contributed by atoms with Crippen LogP contribution in [0.3, 0.4) is 0 Å². The number of aliphatic carboxylic acids is 1. The summed E-state index contributed by atoms with van der Waals surface area (Å²) in [7, 11) is 0. The molecule has 0 saturated heterocycles. The molecule has 0 atom stereocenters. The number of hydrogen-bond donors (Lipinski definition) is 1. The largest absolute Gasteiger partial charge is 0.481 e. The molecular weight excluding hydrogens is 216 g/mol. The van der Waals surface area contributed by atoms with Crippen LogP contribution < -0.4 is 0 Å². The molecular formula is C14H14O3. The van der Waals surface area contributed by atoms with Crippen LogP contribution in [0.2, 0.25) is 0 Å². The number of carboxylic acid groups (broad SMARTS) is 1. The van der Waals surface area contributed by atoms with Gasteiger partial charge in [0.15, 0.2) is 5.78 Å². The van der Waals surface area contributed by atoms with Gasteiger partial charge in [0.1, 0.15) is 0 Å². The highest BCUT2D eigenvalue weighted by Crippen LogP contribution is 2.01. The highest BCUT2D eigenvalue weighted by Gasteiger charge is 2.00. The Kier molecular flexibility index (Phi) is 5.44. The standard InChI is InChI=1S/C14H14O3/c15-13(10-11-14(16)17)9-5-4-8-12-6-2-1-3-7-12/h1-9H,10-11H2,(H,16,17)/b8-4+,9-5+. The fourth-order valence-electron chi connectivity index (χ4n) is 1.21. The molecule has 0 aromatic heterocycles. The fourth-order valence-corrected chi connectivity index (χ4v) is 1.21. The van der Waals surface area contributed by atoms with Gasteiger partial charge in [-0.3, -0.25) is 9.59 Å². The summed E-state index contributed by atoms with van der Waals surface area (Å²) < 4.78 is 0. The normalized spacial score (nSPS) is 11.1. The van der Waals surface area contributed by atoms with E-state index >= 15 is 0 Å². The van der Waals surface area contributed by atoms with E-state index in [0.29, 0.717) is 0 Å². The first kappa shape index (κ1) is 12.9. The minimum absolute atomic E-state index is 0.0466. The zero-order chi connectivity index (χ0) is 12.5. The molecule has 0 radical (unpaired) electrons. The second kappa shape index (κ2) is 7.17. The van der Waals surface area contributed by atoms with Crippen LogP contribution in [0, 0.1) is 0 Å². The minimum Gasteiger partial charge on any atom is -0.481 e. The van der Waals surface area contributed by atoms with Crippen molar-refractivity contribution in [3.8, 4) is 0 Å². The molecule has 1 rings (SSSR count). The molecule has 0 saturated carbocycles. The molecule has 0 bridgehead atoms. The van der Waals surface area contributed by atoms with E-state index in [9.17, 15) is 9.59 Å². The van der Waals surface area contributed by atoms with E-state index in [2.05, 4.69) is 0 Å². The number of rotatable bonds is 6. The maximum atomic E-state index is 11.2. The Morgan fingerprint density at radius 3 is 2.41 bits per heavy atom. The lowest BCUT2D eigenvalue weighted by molar-refractivity contribution is -0.138. The summed E-state index contributed by atoms with van der Waals surface area (Å²) in [5, 5.41) is 8.39. The summed E-state index contributed by atoms with van der Waals surface area (Å²) in [4.78, 5) is 21.4. The molecule has 17 heavy (non-hydrogen) atoms. The lowest BCUT2D eigenvalue weighted by Gasteiger charge is -1.90. The van der Waals surface area contributed by atoms with Gasteiger partial charge in [-0.1, -0.05) is 48.6 Å². The average molecular weight is 230 g/mol. The lowest BCUT2D eigenvalue weighted by atomic mass is 10.2. The number of carbonyl (C=O) groups is 2. The Bertz CT molecular complexity index is 430. The monoisotopic (exact) mass is 230 g/mol. The van der Waals surface area contributed by atoms with E-state index in [0.717, 1.165) is 5.56 Å². The smallest absolute Gasteiger partial charge is 0.303 e. The van der Waals surface area contributed by atoms with Crippen molar-refractivity contribution in [1.29, 1.82) is 0 Å². The Morgan fingerprint density at radius 2 is 1.76 bits per heavy atom. The van der Waals surface area contributed by atoms with E-state index in [1.165, 1.54) is 6.08 Å². The lowest BCUT2D eigenvalue weighted by Crippen LogP contribution is -1.99. The molecule has 1 aromatic carbocycles. The van der Waals surface area contributed by atoms with Crippen molar-refractivity contribution in [1.82, 2.24) is 0 Å². The molecule has 1 N–H and O–H groups in total. The number of hydrogen-bond acceptors (Lipinski definition) is 2. The van der Waals surface area contributed by atoms with Gasteiger partial charge in [-0.25, -0.2) is 0 Å². The summed E-state index contributed by atoms with van der Waals surface area (Å²) in [5.41, 5.74) is 1.05. The third-order valence-electron chi connectivity index (χ3n) is 2.07. The van der Waals surface area contributed by atoms with Crippen LogP contribution in [0.5, 0.6) is 0 Å². The van der Waals surface area contributed by atoms with Crippen molar-refractivity contribution in [2.24, 2.45) is 0 Å². The van der Waals surface area contributed by atoms with Crippen molar-refractivity contribution >= 4 is 17.8 Å². The molecule has 0 fully saturated rings. The second-order valence-corrected chi connectivity index (χ2v) is 3.49. The summed E-state index contributed by atoms with van der Waals surface area (Å²) in [6.07, 6.45) is 6.57. The Morgan fingerprint density at radius 1 is 1.06 bits per heavy atom. The van der Waals surface area contributed by atoms with Gasteiger partial charge in [-0.05, 0) is 11.6 Å². The number of carboxylic acids is 1. The SMILES string of the molecule is O=C(O)CCC(=O)/C=C/C=C/c1ccccc1. The topological polar surface area (TPSA) is 54.4 Å². The van der Waals surface area contributed by atoms with Gasteiger partial charge in [0.25, 0.3) is 0 Å². The molecule has 0 aliphatic carbocycles.